The highest BCUT2D eigenvalue weighted by atomic mass is 16.5. The highest BCUT2D eigenvalue weighted by Gasteiger charge is 2.25. The van der Waals surface area contributed by atoms with Crippen LogP contribution in [0, 0.1) is 11.8 Å². The minimum Gasteiger partial charge on any atom is -0.375 e. The lowest BCUT2D eigenvalue weighted by Gasteiger charge is -2.37. The van der Waals surface area contributed by atoms with Crippen LogP contribution in [0.1, 0.15) is 57.2 Å². The Morgan fingerprint density at radius 1 is 0.722 bits per heavy atom. The van der Waals surface area contributed by atoms with Crippen molar-refractivity contribution in [3.63, 3.8) is 0 Å². The third-order valence-corrected chi connectivity index (χ3v) is 7.03. The number of benzene rings is 3. The third kappa shape index (κ3) is 9.89. The molecule has 3 nitrogen and oxygen atoms in total. The van der Waals surface area contributed by atoms with Gasteiger partial charge in [0.05, 0.1) is 13.2 Å². The average molecular weight is 487 g/mol. The summed E-state index contributed by atoms with van der Waals surface area (Å²) in [4.78, 5) is 2.67. The fraction of sp³-hybridized carbons (Fsp3) is 0.455. The molecule has 0 bridgehead atoms. The van der Waals surface area contributed by atoms with Crippen molar-refractivity contribution >= 4 is 0 Å². The van der Waals surface area contributed by atoms with Crippen LogP contribution in [-0.4, -0.2) is 30.1 Å². The first-order valence-electron chi connectivity index (χ1n) is 13.7. The molecule has 36 heavy (non-hydrogen) atoms. The first kappa shape index (κ1) is 28.1. The van der Waals surface area contributed by atoms with Gasteiger partial charge in [-0.3, -0.25) is 4.90 Å². The second-order valence-electron chi connectivity index (χ2n) is 10.6. The zero-order valence-corrected chi connectivity index (χ0v) is 22.8. The van der Waals surface area contributed by atoms with Crippen LogP contribution in [0.3, 0.4) is 0 Å². The number of hydrogen-bond acceptors (Lipinski definition) is 3. The minimum absolute atomic E-state index is 0.343. The molecule has 194 valence electrons. The molecule has 3 heteroatoms. The second kappa shape index (κ2) is 15.6. The molecule has 3 atom stereocenters. The number of rotatable bonds is 16. The van der Waals surface area contributed by atoms with Crippen LogP contribution in [0.4, 0.5) is 0 Å². The van der Waals surface area contributed by atoms with Gasteiger partial charge in [-0.2, -0.15) is 0 Å². The Balaban J connectivity index is 1.71. The van der Waals surface area contributed by atoms with E-state index in [0.29, 0.717) is 30.5 Å². The quantitative estimate of drug-likeness (QED) is 0.229. The van der Waals surface area contributed by atoms with E-state index in [-0.39, 0.29) is 0 Å². The highest BCUT2D eigenvalue weighted by molar-refractivity contribution is 5.18. The molecule has 3 rings (SSSR count). The summed E-state index contributed by atoms with van der Waals surface area (Å²) in [5, 5.41) is 3.94. The Morgan fingerprint density at radius 2 is 1.22 bits per heavy atom. The standard InChI is InChI=1S/C33H46N2O/c1-5-28(4)33(22-34-32(21-27(2)3)26-36-25-31-19-13-8-14-20-31)35(23-29-15-9-6-10-16-29)24-30-17-11-7-12-18-30/h6-20,27-28,32-34H,5,21-26H2,1-4H3. The minimum atomic E-state index is 0.343. The molecule has 0 aliphatic heterocycles. The van der Waals surface area contributed by atoms with Crippen molar-refractivity contribution in [1.82, 2.24) is 10.2 Å². The van der Waals surface area contributed by atoms with Crippen molar-refractivity contribution in [2.24, 2.45) is 11.8 Å². The van der Waals surface area contributed by atoms with E-state index in [1.165, 1.54) is 16.7 Å². The maximum absolute atomic E-state index is 6.18. The smallest absolute Gasteiger partial charge is 0.0717 e. The Kier molecular flexibility index (Phi) is 12.2. The van der Waals surface area contributed by atoms with E-state index in [1.807, 2.05) is 0 Å². The number of hydrogen-bond donors (Lipinski definition) is 1. The number of nitrogens with zero attached hydrogens (tertiary/aromatic N) is 1. The molecular weight excluding hydrogens is 440 g/mol. The van der Waals surface area contributed by atoms with E-state index in [9.17, 15) is 0 Å². The van der Waals surface area contributed by atoms with E-state index in [4.69, 9.17) is 4.74 Å². The zero-order valence-electron chi connectivity index (χ0n) is 22.8. The van der Waals surface area contributed by atoms with E-state index in [1.54, 1.807) is 0 Å². The molecule has 1 N–H and O–H groups in total. The molecule has 3 aromatic carbocycles. The summed E-state index contributed by atoms with van der Waals surface area (Å²) in [6.07, 6.45) is 2.27. The van der Waals surface area contributed by atoms with E-state index < -0.39 is 0 Å². The van der Waals surface area contributed by atoms with Gasteiger partial charge in [-0.15, -0.1) is 0 Å². The van der Waals surface area contributed by atoms with Crippen LogP contribution < -0.4 is 5.32 Å². The second-order valence-corrected chi connectivity index (χ2v) is 10.6. The van der Waals surface area contributed by atoms with Gasteiger partial charge >= 0.3 is 0 Å². The summed E-state index contributed by atoms with van der Waals surface area (Å²) >= 11 is 0. The lowest BCUT2D eigenvalue weighted by Crippen LogP contribution is -2.49. The number of nitrogens with one attached hydrogen (secondary N) is 1. The predicted octanol–water partition coefficient (Wildman–Crippen LogP) is 7.32. The van der Waals surface area contributed by atoms with E-state index in [0.717, 1.165) is 39.1 Å². The van der Waals surface area contributed by atoms with Crippen LogP contribution in [0.15, 0.2) is 91.0 Å². The number of ether oxygens (including phenoxy) is 1. The molecule has 0 amide bonds. The molecule has 0 aliphatic rings. The molecule has 3 unspecified atom stereocenters. The Morgan fingerprint density at radius 3 is 1.69 bits per heavy atom. The van der Waals surface area contributed by atoms with Gasteiger partial charge in [0.15, 0.2) is 0 Å². The molecule has 0 saturated carbocycles. The van der Waals surface area contributed by atoms with Crippen molar-refractivity contribution in [3.05, 3.63) is 108 Å². The van der Waals surface area contributed by atoms with Crippen molar-refractivity contribution in [2.75, 3.05) is 13.2 Å². The van der Waals surface area contributed by atoms with Crippen LogP contribution in [0.25, 0.3) is 0 Å². The fourth-order valence-electron chi connectivity index (χ4n) is 4.85. The normalized spacial score (nSPS) is 14.2. The Bertz CT molecular complexity index is 904. The summed E-state index contributed by atoms with van der Waals surface area (Å²) in [6.45, 7) is 13.6. The summed E-state index contributed by atoms with van der Waals surface area (Å²) < 4.78 is 6.18. The highest BCUT2D eigenvalue weighted by Crippen LogP contribution is 2.21. The van der Waals surface area contributed by atoms with Crippen LogP contribution in [0.2, 0.25) is 0 Å². The van der Waals surface area contributed by atoms with Crippen molar-refractivity contribution in [3.8, 4) is 0 Å². The van der Waals surface area contributed by atoms with Crippen LogP contribution in [0.5, 0.6) is 0 Å². The molecule has 0 saturated heterocycles. The molecule has 0 heterocycles. The summed E-state index contributed by atoms with van der Waals surface area (Å²) in [6, 6.07) is 33.0. The van der Waals surface area contributed by atoms with Gasteiger partial charge in [0.1, 0.15) is 0 Å². The van der Waals surface area contributed by atoms with Gasteiger partial charge in [-0.25, -0.2) is 0 Å². The lowest BCUT2D eigenvalue weighted by molar-refractivity contribution is 0.0804. The summed E-state index contributed by atoms with van der Waals surface area (Å²) in [5.41, 5.74) is 3.97. The van der Waals surface area contributed by atoms with Gasteiger partial charge in [-0.1, -0.05) is 125 Å². The van der Waals surface area contributed by atoms with Gasteiger partial charge in [0, 0.05) is 31.7 Å². The fourth-order valence-corrected chi connectivity index (χ4v) is 4.85. The summed E-state index contributed by atoms with van der Waals surface area (Å²) in [5.74, 6) is 1.20. The molecule has 0 radical (unpaired) electrons. The lowest BCUT2D eigenvalue weighted by atomic mass is 9.95. The monoisotopic (exact) mass is 486 g/mol. The Hall–Kier alpha value is -2.46. The largest absolute Gasteiger partial charge is 0.375 e. The van der Waals surface area contributed by atoms with Gasteiger partial charge in [-0.05, 0) is 34.9 Å². The molecule has 0 aliphatic carbocycles. The molecule has 0 fully saturated rings. The van der Waals surface area contributed by atoms with Gasteiger partial charge in [0.25, 0.3) is 0 Å². The average Bonchev–Trinajstić information content (AvgIpc) is 2.90. The maximum atomic E-state index is 6.18. The van der Waals surface area contributed by atoms with E-state index in [2.05, 4.69) is 129 Å². The first-order valence-corrected chi connectivity index (χ1v) is 13.7. The zero-order chi connectivity index (χ0) is 25.6. The van der Waals surface area contributed by atoms with Crippen LogP contribution in [-0.2, 0) is 24.4 Å². The van der Waals surface area contributed by atoms with Crippen molar-refractivity contribution in [1.29, 1.82) is 0 Å². The van der Waals surface area contributed by atoms with Gasteiger partial charge < -0.3 is 10.1 Å². The Labute approximate surface area is 219 Å². The molecule has 0 spiro atoms. The maximum Gasteiger partial charge on any atom is 0.0717 e. The van der Waals surface area contributed by atoms with Crippen molar-refractivity contribution in [2.45, 2.75) is 72.3 Å². The first-order chi connectivity index (χ1) is 17.5. The third-order valence-electron chi connectivity index (χ3n) is 7.03. The molecule has 0 aromatic heterocycles. The van der Waals surface area contributed by atoms with Crippen LogP contribution >= 0.6 is 0 Å². The van der Waals surface area contributed by atoms with Gasteiger partial charge in [0.2, 0.25) is 0 Å². The predicted molar refractivity (Wildman–Crippen MR) is 153 cm³/mol. The summed E-state index contributed by atoms with van der Waals surface area (Å²) in [7, 11) is 0. The molecule has 3 aromatic rings. The van der Waals surface area contributed by atoms with E-state index >= 15 is 0 Å². The van der Waals surface area contributed by atoms with Crippen molar-refractivity contribution < 1.29 is 4.74 Å². The SMILES string of the molecule is CCC(C)C(CNC(COCc1ccccc1)CC(C)C)N(Cc1ccccc1)Cc1ccccc1. The topological polar surface area (TPSA) is 24.5 Å². The molecular formula is C33H46N2O.